The number of fused-ring (bicyclic) bond motifs is 5. The number of pyridine rings is 1. The van der Waals surface area contributed by atoms with E-state index in [0.717, 1.165) is 34.1 Å². The minimum Gasteiger partial charge on any atom is -0.508 e. The second-order valence-electron chi connectivity index (χ2n) is 5.77. The molecular weight excluding hydrogens is 314 g/mol. The van der Waals surface area contributed by atoms with Crippen molar-refractivity contribution in [2.24, 2.45) is 0 Å². The molecule has 6 heteroatoms. The molecule has 5 rings (SSSR count). The first-order chi connectivity index (χ1) is 12.3. The van der Waals surface area contributed by atoms with E-state index in [1.807, 2.05) is 53.1 Å². The van der Waals surface area contributed by atoms with Crippen molar-refractivity contribution < 1.29 is 5.11 Å². The lowest BCUT2D eigenvalue weighted by atomic mass is 10.1. The van der Waals surface area contributed by atoms with E-state index < -0.39 is 0 Å². The fourth-order valence-corrected chi connectivity index (χ4v) is 3.07. The van der Waals surface area contributed by atoms with Gasteiger partial charge in [-0.1, -0.05) is 12.1 Å². The number of phenols is 1. The van der Waals surface area contributed by atoms with Gasteiger partial charge in [0.2, 0.25) is 0 Å². The van der Waals surface area contributed by atoms with Gasteiger partial charge < -0.3 is 10.4 Å². The largest absolute Gasteiger partial charge is 0.508 e. The summed E-state index contributed by atoms with van der Waals surface area (Å²) < 4.78 is 1.99. The summed E-state index contributed by atoms with van der Waals surface area (Å²) in [6, 6.07) is 18.8. The Bertz CT molecular complexity index is 1090. The Balaban J connectivity index is 1.85. The molecule has 120 valence electrons. The van der Waals surface area contributed by atoms with E-state index in [4.69, 9.17) is 0 Å². The van der Waals surface area contributed by atoms with Crippen molar-refractivity contribution in [2.75, 3.05) is 5.32 Å². The number of benzene rings is 2. The SMILES string of the molecule is Oc1ccc(-c2nnc3n2-c2cccnc2Nc2ccccc2-3)cc1. The van der Waals surface area contributed by atoms with Crippen LogP contribution in [0.3, 0.4) is 0 Å². The number of anilines is 2. The Morgan fingerprint density at radius 1 is 0.840 bits per heavy atom. The predicted molar refractivity (Wildman–Crippen MR) is 95.0 cm³/mol. The molecule has 6 nitrogen and oxygen atoms in total. The van der Waals surface area contributed by atoms with Crippen molar-refractivity contribution in [1.29, 1.82) is 0 Å². The second kappa shape index (κ2) is 5.17. The van der Waals surface area contributed by atoms with E-state index in [-0.39, 0.29) is 5.75 Å². The summed E-state index contributed by atoms with van der Waals surface area (Å²) >= 11 is 0. The van der Waals surface area contributed by atoms with Gasteiger partial charge in [0.15, 0.2) is 17.5 Å². The highest BCUT2D eigenvalue weighted by Gasteiger charge is 2.24. The predicted octanol–water partition coefficient (Wildman–Crippen LogP) is 3.76. The van der Waals surface area contributed by atoms with Crippen LogP contribution in [-0.2, 0) is 0 Å². The number of nitrogens with zero attached hydrogens (tertiary/aromatic N) is 4. The third-order valence-electron chi connectivity index (χ3n) is 4.24. The zero-order chi connectivity index (χ0) is 16.8. The highest BCUT2D eigenvalue weighted by atomic mass is 16.3. The summed E-state index contributed by atoms with van der Waals surface area (Å²) in [5, 5.41) is 21.8. The first-order valence-electron chi connectivity index (χ1n) is 7.88. The number of phenolic OH excluding ortho intramolecular Hbond substituents is 1. The van der Waals surface area contributed by atoms with Gasteiger partial charge in [0.1, 0.15) is 5.75 Å². The standard InChI is InChI=1S/C19H13N5O/c25-13-9-7-12(8-10-13)18-22-23-19-14-4-1-2-5-15(14)21-17-16(24(18)19)6-3-11-20-17/h1-11,25H,(H,20,21). The van der Waals surface area contributed by atoms with Crippen LogP contribution in [0, 0.1) is 0 Å². The van der Waals surface area contributed by atoms with Crippen LogP contribution >= 0.6 is 0 Å². The summed E-state index contributed by atoms with van der Waals surface area (Å²) in [7, 11) is 0. The maximum atomic E-state index is 9.56. The fraction of sp³-hybridized carbons (Fsp3) is 0. The average Bonchev–Trinajstić information content (AvgIpc) is 3.02. The number of aromatic nitrogens is 4. The molecule has 0 bridgehead atoms. The first kappa shape index (κ1) is 13.7. The third kappa shape index (κ3) is 2.08. The van der Waals surface area contributed by atoms with Gasteiger partial charge in [0, 0.05) is 17.3 Å². The zero-order valence-corrected chi connectivity index (χ0v) is 13.1. The highest BCUT2D eigenvalue weighted by Crippen LogP contribution is 2.38. The molecule has 2 N–H and O–H groups in total. The topological polar surface area (TPSA) is 75.9 Å². The maximum absolute atomic E-state index is 9.56. The molecule has 0 atom stereocenters. The molecule has 0 aliphatic carbocycles. The lowest BCUT2D eigenvalue weighted by Gasteiger charge is -2.10. The second-order valence-corrected chi connectivity index (χ2v) is 5.77. The molecule has 3 heterocycles. The summed E-state index contributed by atoms with van der Waals surface area (Å²) in [4.78, 5) is 4.48. The summed E-state index contributed by atoms with van der Waals surface area (Å²) in [6.45, 7) is 0. The van der Waals surface area contributed by atoms with Crippen LogP contribution in [0.25, 0.3) is 28.5 Å². The minimum atomic E-state index is 0.216. The molecule has 0 fully saturated rings. The monoisotopic (exact) mass is 327 g/mol. The van der Waals surface area contributed by atoms with E-state index in [1.54, 1.807) is 18.3 Å². The lowest BCUT2D eigenvalue weighted by molar-refractivity contribution is 0.475. The Labute approximate surface area is 143 Å². The zero-order valence-electron chi connectivity index (χ0n) is 13.1. The van der Waals surface area contributed by atoms with Crippen LogP contribution in [0.4, 0.5) is 11.5 Å². The van der Waals surface area contributed by atoms with Gasteiger partial charge in [0.05, 0.1) is 11.4 Å². The smallest absolute Gasteiger partial charge is 0.171 e. The molecular formula is C19H13N5O. The molecule has 0 saturated carbocycles. The van der Waals surface area contributed by atoms with Crippen molar-refractivity contribution in [3.05, 3.63) is 66.9 Å². The molecule has 0 saturated heterocycles. The molecule has 1 aliphatic rings. The van der Waals surface area contributed by atoms with E-state index in [2.05, 4.69) is 20.5 Å². The number of hydrogen-bond acceptors (Lipinski definition) is 5. The highest BCUT2D eigenvalue weighted by molar-refractivity contribution is 5.84. The normalized spacial score (nSPS) is 11.7. The van der Waals surface area contributed by atoms with Crippen LogP contribution in [0.15, 0.2) is 66.9 Å². The quantitative estimate of drug-likeness (QED) is 0.490. The molecule has 0 unspecified atom stereocenters. The van der Waals surface area contributed by atoms with Gasteiger partial charge in [-0.2, -0.15) is 0 Å². The molecule has 2 aromatic heterocycles. The first-order valence-corrected chi connectivity index (χ1v) is 7.88. The average molecular weight is 327 g/mol. The lowest BCUT2D eigenvalue weighted by Crippen LogP contribution is -2.01. The van der Waals surface area contributed by atoms with Gasteiger partial charge in [-0.25, -0.2) is 4.98 Å². The minimum absolute atomic E-state index is 0.216. The van der Waals surface area contributed by atoms with Crippen molar-refractivity contribution >= 4 is 11.5 Å². The van der Waals surface area contributed by atoms with Crippen molar-refractivity contribution in [3.8, 4) is 34.2 Å². The fourth-order valence-electron chi connectivity index (χ4n) is 3.07. The molecule has 25 heavy (non-hydrogen) atoms. The maximum Gasteiger partial charge on any atom is 0.171 e. The van der Waals surface area contributed by atoms with Gasteiger partial charge in [-0.15, -0.1) is 10.2 Å². The number of aromatic hydroxyl groups is 1. The summed E-state index contributed by atoms with van der Waals surface area (Å²) in [5.41, 5.74) is 3.64. The van der Waals surface area contributed by atoms with Crippen molar-refractivity contribution in [2.45, 2.75) is 0 Å². The number of para-hydroxylation sites is 1. The van der Waals surface area contributed by atoms with Crippen molar-refractivity contribution in [1.82, 2.24) is 19.7 Å². The van der Waals surface area contributed by atoms with Crippen LogP contribution in [-0.4, -0.2) is 24.9 Å². The van der Waals surface area contributed by atoms with Gasteiger partial charge in [-0.05, 0) is 48.5 Å². The van der Waals surface area contributed by atoms with Crippen LogP contribution in [0.2, 0.25) is 0 Å². The Morgan fingerprint density at radius 3 is 2.52 bits per heavy atom. The Morgan fingerprint density at radius 2 is 1.64 bits per heavy atom. The molecule has 0 amide bonds. The van der Waals surface area contributed by atoms with Crippen LogP contribution in [0.5, 0.6) is 5.75 Å². The van der Waals surface area contributed by atoms with Gasteiger partial charge >= 0.3 is 0 Å². The number of rotatable bonds is 1. The molecule has 4 aromatic rings. The van der Waals surface area contributed by atoms with E-state index in [1.165, 1.54) is 0 Å². The van der Waals surface area contributed by atoms with E-state index in [9.17, 15) is 5.11 Å². The summed E-state index contributed by atoms with van der Waals surface area (Å²) in [6.07, 6.45) is 1.75. The summed E-state index contributed by atoms with van der Waals surface area (Å²) in [5.74, 6) is 2.41. The van der Waals surface area contributed by atoms with E-state index in [0.29, 0.717) is 5.82 Å². The number of nitrogens with one attached hydrogen (secondary N) is 1. The Hall–Kier alpha value is -3.67. The third-order valence-corrected chi connectivity index (χ3v) is 4.24. The van der Waals surface area contributed by atoms with Crippen LogP contribution in [0.1, 0.15) is 0 Å². The molecule has 0 spiro atoms. The van der Waals surface area contributed by atoms with Gasteiger partial charge in [-0.3, -0.25) is 4.57 Å². The molecule has 0 radical (unpaired) electrons. The van der Waals surface area contributed by atoms with E-state index >= 15 is 0 Å². The number of hydrogen-bond donors (Lipinski definition) is 2. The van der Waals surface area contributed by atoms with Crippen LogP contribution < -0.4 is 5.32 Å². The molecule has 2 aromatic carbocycles. The van der Waals surface area contributed by atoms with Gasteiger partial charge in [0.25, 0.3) is 0 Å². The van der Waals surface area contributed by atoms with Crippen molar-refractivity contribution in [3.63, 3.8) is 0 Å². The molecule has 1 aliphatic heterocycles. The Kier molecular flexibility index (Phi) is 2.84.